The molecule has 1 unspecified atom stereocenters. The largest absolute Gasteiger partial charge is 0.491 e. The number of nitrogens with one attached hydrogen (secondary N) is 2. The van der Waals surface area contributed by atoms with E-state index in [2.05, 4.69) is 10.6 Å². The van der Waals surface area contributed by atoms with E-state index in [1.54, 1.807) is 0 Å². The van der Waals surface area contributed by atoms with Gasteiger partial charge in [0.25, 0.3) is 0 Å². The van der Waals surface area contributed by atoms with Gasteiger partial charge in [-0.2, -0.15) is 0 Å². The van der Waals surface area contributed by atoms with Crippen LogP contribution in [0.1, 0.15) is 19.3 Å². The molecule has 0 heterocycles. The zero-order valence-electron chi connectivity index (χ0n) is 12.5. The molecule has 1 amide bonds. The second-order valence-electron chi connectivity index (χ2n) is 5.61. The first-order valence-corrected chi connectivity index (χ1v) is 7.80. The summed E-state index contributed by atoms with van der Waals surface area (Å²) in [6.07, 6.45) is 0.559. The van der Waals surface area contributed by atoms with Crippen molar-refractivity contribution in [1.29, 1.82) is 0 Å². The molecular weight excluding hydrogens is 327 g/mol. The topological polar surface area (TPSA) is 90.8 Å². The summed E-state index contributed by atoms with van der Waals surface area (Å²) in [5.74, 6) is -0.266. The first-order valence-electron chi connectivity index (χ1n) is 7.43. The summed E-state index contributed by atoms with van der Waals surface area (Å²) in [5.41, 5.74) is 0. The van der Waals surface area contributed by atoms with Gasteiger partial charge >= 0.3 is 6.09 Å². The van der Waals surface area contributed by atoms with Crippen LogP contribution in [0.2, 0.25) is 5.02 Å². The lowest BCUT2D eigenvalue weighted by Gasteiger charge is -2.17. The second-order valence-corrected chi connectivity index (χ2v) is 6.01. The number of hydrogen-bond donors (Lipinski definition) is 4. The Morgan fingerprint density at radius 1 is 1.43 bits per heavy atom. The second kappa shape index (κ2) is 8.33. The van der Waals surface area contributed by atoms with Gasteiger partial charge in [-0.05, 0) is 31.4 Å². The number of carboxylic acid groups (broad SMARTS) is 1. The molecule has 8 heteroatoms. The molecule has 4 N–H and O–H groups in total. The molecular formula is C15H20ClFN2O4. The van der Waals surface area contributed by atoms with Crippen molar-refractivity contribution in [3.8, 4) is 5.75 Å². The molecule has 0 aromatic heterocycles. The SMILES string of the molecule is O=C(O)N[C@H]1CC[C@@H](NCC(O)COc2ccc(Cl)c(F)c2)C1. The van der Waals surface area contributed by atoms with Crippen molar-refractivity contribution >= 4 is 17.7 Å². The standard InChI is InChI=1S/C15H20ClFN2O4/c16-13-4-3-12(6-14(13)17)23-8-11(20)7-18-9-1-2-10(5-9)19-15(21)22/h3-4,6,9-11,18-20H,1-2,5,7-8H2,(H,21,22)/t9-,10+,11?/m1/s1. The number of amides is 1. The fourth-order valence-corrected chi connectivity index (χ4v) is 2.71. The molecule has 0 spiro atoms. The monoisotopic (exact) mass is 346 g/mol. The number of aliphatic hydroxyl groups is 1. The molecule has 1 aliphatic carbocycles. The van der Waals surface area contributed by atoms with Crippen LogP contribution >= 0.6 is 11.6 Å². The van der Waals surface area contributed by atoms with E-state index in [1.807, 2.05) is 0 Å². The molecule has 1 aromatic carbocycles. The Morgan fingerprint density at radius 3 is 2.87 bits per heavy atom. The average molecular weight is 347 g/mol. The van der Waals surface area contributed by atoms with Crippen LogP contribution in [-0.2, 0) is 0 Å². The average Bonchev–Trinajstić information content (AvgIpc) is 2.93. The number of halogens is 2. The van der Waals surface area contributed by atoms with E-state index >= 15 is 0 Å². The highest BCUT2D eigenvalue weighted by Gasteiger charge is 2.25. The Balaban J connectivity index is 1.66. The molecule has 3 atom stereocenters. The highest BCUT2D eigenvalue weighted by molar-refractivity contribution is 6.30. The van der Waals surface area contributed by atoms with Crippen LogP contribution in [0.5, 0.6) is 5.75 Å². The van der Waals surface area contributed by atoms with Gasteiger partial charge in [0.2, 0.25) is 0 Å². The Labute approximate surface area is 138 Å². The number of carbonyl (C=O) groups is 1. The van der Waals surface area contributed by atoms with Gasteiger partial charge < -0.3 is 25.6 Å². The van der Waals surface area contributed by atoms with Gasteiger partial charge in [-0.1, -0.05) is 11.6 Å². The maximum Gasteiger partial charge on any atom is 0.404 e. The Bertz CT molecular complexity index is 546. The van der Waals surface area contributed by atoms with E-state index in [-0.39, 0.29) is 23.7 Å². The number of ether oxygens (including phenoxy) is 1. The van der Waals surface area contributed by atoms with Gasteiger partial charge in [0.05, 0.1) is 5.02 Å². The third-order valence-corrected chi connectivity index (χ3v) is 4.04. The lowest BCUT2D eigenvalue weighted by Crippen LogP contribution is -2.38. The van der Waals surface area contributed by atoms with E-state index in [9.17, 15) is 14.3 Å². The number of benzene rings is 1. The third-order valence-electron chi connectivity index (χ3n) is 3.74. The highest BCUT2D eigenvalue weighted by Crippen LogP contribution is 2.21. The maximum absolute atomic E-state index is 13.2. The first kappa shape index (κ1) is 17.8. The minimum atomic E-state index is -1.01. The molecule has 128 valence electrons. The third kappa shape index (κ3) is 5.85. The minimum absolute atomic E-state index is 0.0188. The Kier molecular flexibility index (Phi) is 6.44. The molecule has 0 saturated heterocycles. The van der Waals surface area contributed by atoms with Crippen molar-refractivity contribution < 1.29 is 24.1 Å². The summed E-state index contributed by atoms with van der Waals surface area (Å²) >= 11 is 5.58. The lowest BCUT2D eigenvalue weighted by molar-refractivity contribution is 0.103. The van der Waals surface area contributed by atoms with Crippen LogP contribution in [-0.4, -0.2) is 47.6 Å². The summed E-state index contributed by atoms with van der Waals surface area (Å²) in [6.45, 7) is 0.345. The molecule has 0 bridgehead atoms. The zero-order valence-corrected chi connectivity index (χ0v) is 13.2. The smallest absolute Gasteiger partial charge is 0.404 e. The van der Waals surface area contributed by atoms with E-state index in [1.165, 1.54) is 18.2 Å². The Morgan fingerprint density at radius 2 is 2.17 bits per heavy atom. The Hall–Kier alpha value is -1.57. The van der Waals surface area contributed by atoms with Crippen LogP contribution in [0.25, 0.3) is 0 Å². The molecule has 1 saturated carbocycles. The van der Waals surface area contributed by atoms with Gasteiger partial charge in [0, 0.05) is 24.7 Å². The molecule has 2 rings (SSSR count). The number of hydrogen-bond acceptors (Lipinski definition) is 4. The van der Waals surface area contributed by atoms with Crippen LogP contribution in [0.4, 0.5) is 9.18 Å². The van der Waals surface area contributed by atoms with Crippen molar-refractivity contribution in [1.82, 2.24) is 10.6 Å². The van der Waals surface area contributed by atoms with Crippen LogP contribution < -0.4 is 15.4 Å². The van der Waals surface area contributed by atoms with Crippen molar-refractivity contribution in [2.24, 2.45) is 0 Å². The molecule has 1 fully saturated rings. The fraction of sp³-hybridized carbons (Fsp3) is 0.533. The maximum atomic E-state index is 13.2. The van der Waals surface area contributed by atoms with Crippen LogP contribution in [0.15, 0.2) is 18.2 Å². The van der Waals surface area contributed by atoms with E-state index < -0.39 is 18.0 Å². The molecule has 1 aliphatic rings. The van der Waals surface area contributed by atoms with Crippen molar-refractivity contribution in [3.05, 3.63) is 29.0 Å². The summed E-state index contributed by atoms with van der Waals surface area (Å²) in [4.78, 5) is 10.6. The predicted molar refractivity (Wildman–Crippen MR) is 83.5 cm³/mol. The van der Waals surface area contributed by atoms with Gasteiger partial charge in [-0.25, -0.2) is 9.18 Å². The quantitative estimate of drug-likeness (QED) is 0.606. The summed E-state index contributed by atoms with van der Waals surface area (Å²) in [6, 6.07) is 4.21. The summed E-state index contributed by atoms with van der Waals surface area (Å²) in [7, 11) is 0. The molecule has 23 heavy (non-hydrogen) atoms. The minimum Gasteiger partial charge on any atom is -0.491 e. The van der Waals surface area contributed by atoms with Gasteiger partial charge in [0.15, 0.2) is 0 Å². The molecule has 0 radical (unpaired) electrons. The molecule has 0 aliphatic heterocycles. The lowest BCUT2D eigenvalue weighted by atomic mass is 10.2. The highest BCUT2D eigenvalue weighted by atomic mass is 35.5. The van der Waals surface area contributed by atoms with Crippen molar-refractivity contribution in [2.75, 3.05) is 13.2 Å². The molecule has 1 aromatic rings. The fourth-order valence-electron chi connectivity index (χ4n) is 2.59. The molecule has 6 nitrogen and oxygen atoms in total. The van der Waals surface area contributed by atoms with E-state index in [0.717, 1.165) is 12.8 Å². The van der Waals surface area contributed by atoms with Crippen molar-refractivity contribution in [2.45, 2.75) is 37.5 Å². The first-order chi connectivity index (χ1) is 10.9. The number of rotatable bonds is 7. The van der Waals surface area contributed by atoms with Crippen molar-refractivity contribution in [3.63, 3.8) is 0 Å². The van der Waals surface area contributed by atoms with Gasteiger partial charge in [-0.15, -0.1) is 0 Å². The normalized spacial score (nSPS) is 21.9. The van der Waals surface area contributed by atoms with E-state index in [4.69, 9.17) is 21.4 Å². The zero-order chi connectivity index (χ0) is 16.8. The summed E-state index contributed by atoms with van der Waals surface area (Å²) < 4.78 is 18.6. The van der Waals surface area contributed by atoms with Crippen LogP contribution in [0, 0.1) is 5.82 Å². The van der Waals surface area contributed by atoms with Crippen LogP contribution in [0.3, 0.4) is 0 Å². The van der Waals surface area contributed by atoms with Gasteiger partial charge in [0.1, 0.15) is 24.3 Å². The van der Waals surface area contributed by atoms with E-state index in [0.29, 0.717) is 18.7 Å². The number of aliphatic hydroxyl groups excluding tert-OH is 1. The van der Waals surface area contributed by atoms with Gasteiger partial charge in [-0.3, -0.25) is 0 Å². The predicted octanol–water partition coefficient (Wildman–Crippen LogP) is 2.00. The summed E-state index contributed by atoms with van der Waals surface area (Å²) in [5, 5.41) is 24.2.